The van der Waals surface area contributed by atoms with Gasteiger partial charge in [0.15, 0.2) is 0 Å². The largest absolute Gasteiger partial charge is 0.296 e. The minimum Gasteiger partial charge on any atom is -0.296 e. The molecule has 4 rings (SSSR count). The maximum absolute atomic E-state index is 4.84. The molecule has 0 amide bonds. The van der Waals surface area contributed by atoms with Crippen LogP contribution < -0.4 is 0 Å². The van der Waals surface area contributed by atoms with Gasteiger partial charge in [0.2, 0.25) is 0 Å². The highest BCUT2D eigenvalue weighted by molar-refractivity contribution is 5.83. The molecule has 23 heavy (non-hydrogen) atoms. The normalized spacial score (nSPS) is 11.2. The summed E-state index contributed by atoms with van der Waals surface area (Å²) in [5, 5.41) is 4.25. The summed E-state index contributed by atoms with van der Waals surface area (Å²) >= 11 is 0. The Morgan fingerprint density at radius 1 is 1.00 bits per heavy atom. The summed E-state index contributed by atoms with van der Waals surface area (Å²) in [7, 11) is 1.93. The van der Waals surface area contributed by atoms with Crippen LogP contribution in [0.2, 0.25) is 0 Å². The van der Waals surface area contributed by atoms with Crippen LogP contribution >= 0.6 is 0 Å². The standard InChI is InChI=1S/C19H18N4/c1-3-19-21-17-11-14(15-12-20-22(2)13-15)9-10-18(17)23(19)16-7-5-4-6-8-16/h4-13H,3H2,1-2H3. The molecule has 4 aromatic rings. The molecular weight excluding hydrogens is 284 g/mol. The van der Waals surface area contributed by atoms with Crippen LogP contribution in [0.25, 0.3) is 27.8 Å². The predicted molar refractivity (Wildman–Crippen MR) is 92.7 cm³/mol. The van der Waals surface area contributed by atoms with Crippen molar-refractivity contribution < 1.29 is 0 Å². The first-order valence-electron chi connectivity index (χ1n) is 7.82. The van der Waals surface area contributed by atoms with Crippen molar-refractivity contribution in [2.45, 2.75) is 13.3 Å². The molecule has 0 N–H and O–H groups in total. The quantitative estimate of drug-likeness (QED) is 0.573. The van der Waals surface area contributed by atoms with Gasteiger partial charge in [0.25, 0.3) is 0 Å². The van der Waals surface area contributed by atoms with E-state index in [1.807, 2.05) is 30.2 Å². The number of hydrogen-bond acceptors (Lipinski definition) is 2. The Bertz CT molecular complexity index is 964. The van der Waals surface area contributed by atoms with E-state index in [0.717, 1.165) is 40.1 Å². The fourth-order valence-corrected chi connectivity index (χ4v) is 2.98. The molecule has 0 aliphatic carbocycles. The van der Waals surface area contributed by atoms with Gasteiger partial charge < -0.3 is 0 Å². The second kappa shape index (κ2) is 5.39. The lowest BCUT2D eigenvalue weighted by Crippen LogP contribution is -1.99. The summed E-state index contributed by atoms with van der Waals surface area (Å²) in [6, 6.07) is 16.8. The molecule has 2 heterocycles. The van der Waals surface area contributed by atoms with Crippen LogP contribution in [0, 0.1) is 0 Å². The SMILES string of the molecule is CCc1nc2cc(-c3cnn(C)c3)ccc2n1-c1ccccc1. The molecule has 2 aromatic carbocycles. The van der Waals surface area contributed by atoms with Crippen molar-refractivity contribution in [2.24, 2.45) is 7.05 Å². The van der Waals surface area contributed by atoms with Gasteiger partial charge in [0.1, 0.15) is 5.82 Å². The Kier molecular flexibility index (Phi) is 3.23. The summed E-state index contributed by atoms with van der Waals surface area (Å²) in [5.74, 6) is 1.08. The monoisotopic (exact) mass is 302 g/mol. The molecule has 0 saturated heterocycles. The Hall–Kier alpha value is -2.88. The molecule has 4 nitrogen and oxygen atoms in total. The van der Waals surface area contributed by atoms with E-state index in [1.54, 1.807) is 0 Å². The van der Waals surface area contributed by atoms with Crippen LogP contribution in [0.4, 0.5) is 0 Å². The molecule has 0 atom stereocenters. The van der Waals surface area contributed by atoms with Crippen LogP contribution in [0.15, 0.2) is 60.9 Å². The van der Waals surface area contributed by atoms with Crippen molar-refractivity contribution in [1.82, 2.24) is 19.3 Å². The number of benzene rings is 2. The molecule has 2 aromatic heterocycles. The van der Waals surface area contributed by atoms with Crippen LogP contribution in [-0.4, -0.2) is 19.3 Å². The topological polar surface area (TPSA) is 35.6 Å². The molecule has 0 fully saturated rings. The van der Waals surface area contributed by atoms with Gasteiger partial charge in [-0.15, -0.1) is 0 Å². The minimum atomic E-state index is 0.895. The lowest BCUT2D eigenvalue weighted by molar-refractivity contribution is 0.768. The minimum absolute atomic E-state index is 0.895. The van der Waals surface area contributed by atoms with E-state index >= 15 is 0 Å². The van der Waals surface area contributed by atoms with Gasteiger partial charge >= 0.3 is 0 Å². The summed E-state index contributed by atoms with van der Waals surface area (Å²) in [6.45, 7) is 2.14. The zero-order valence-electron chi connectivity index (χ0n) is 13.3. The molecule has 4 heteroatoms. The molecule has 0 aliphatic heterocycles. The number of para-hydroxylation sites is 1. The molecule has 0 bridgehead atoms. The second-order valence-electron chi connectivity index (χ2n) is 5.66. The van der Waals surface area contributed by atoms with Crippen molar-refractivity contribution in [3.05, 3.63) is 66.7 Å². The lowest BCUT2D eigenvalue weighted by Gasteiger charge is -2.08. The second-order valence-corrected chi connectivity index (χ2v) is 5.66. The third-order valence-electron chi connectivity index (χ3n) is 4.09. The number of nitrogens with zero attached hydrogens (tertiary/aromatic N) is 4. The molecule has 114 valence electrons. The van der Waals surface area contributed by atoms with Crippen LogP contribution in [0.5, 0.6) is 0 Å². The average Bonchev–Trinajstić information content (AvgIpc) is 3.18. The van der Waals surface area contributed by atoms with Crippen LogP contribution in [-0.2, 0) is 13.5 Å². The van der Waals surface area contributed by atoms with E-state index in [9.17, 15) is 0 Å². The maximum atomic E-state index is 4.84. The highest BCUT2D eigenvalue weighted by atomic mass is 15.2. The Labute approximate surface area is 135 Å². The molecule has 0 spiro atoms. The summed E-state index contributed by atoms with van der Waals surface area (Å²) in [5.41, 5.74) is 5.57. The van der Waals surface area contributed by atoms with E-state index in [2.05, 4.69) is 59.1 Å². The number of rotatable bonds is 3. The third kappa shape index (κ3) is 2.32. The van der Waals surface area contributed by atoms with Gasteiger partial charge in [-0.05, 0) is 29.8 Å². The van der Waals surface area contributed by atoms with E-state index in [1.165, 1.54) is 0 Å². The highest BCUT2D eigenvalue weighted by Gasteiger charge is 2.12. The average molecular weight is 302 g/mol. The first-order chi connectivity index (χ1) is 11.3. The fraction of sp³-hybridized carbons (Fsp3) is 0.158. The number of imidazole rings is 1. The zero-order chi connectivity index (χ0) is 15.8. The maximum Gasteiger partial charge on any atom is 0.114 e. The number of aryl methyl sites for hydroxylation is 2. The Balaban J connectivity index is 1.91. The van der Waals surface area contributed by atoms with E-state index in [-0.39, 0.29) is 0 Å². The Morgan fingerprint density at radius 2 is 1.83 bits per heavy atom. The summed E-state index contributed by atoms with van der Waals surface area (Å²) in [6.07, 6.45) is 4.80. The van der Waals surface area contributed by atoms with Crippen molar-refractivity contribution in [3.8, 4) is 16.8 Å². The van der Waals surface area contributed by atoms with E-state index < -0.39 is 0 Å². The van der Waals surface area contributed by atoms with Crippen molar-refractivity contribution in [3.63, 3.8) is 0 Å². The zero-order valence-corrected chi connectivity index (χ0v) is 13.3. The van der Waals surface area contributed by atoms with Crippen LogP contribution in [0.1, 0.15) is 12.7 Å². The first kappa shape index (κ1) is 13.8. The summed E-state index contributed by atoms with van der Waals surface area (Å²) < 4.78 is 4.06. The van der Waals surface area contributed by atoms with Gasteiger partial charge in [-0.3, -0.25) is 9.25 Å². The molecule has 0 aliphatic rings. The molecule has 0 unspecified atom stereocenters. The van der Waals surface area contributed by atoms with Crippen molar-refractivity contribution >= 4 is 11.0 Å². The van der Waals surface area contributed by atoms with Crippen LogP contribution in [0.3, 0.4) is 0 Å². The Morgan fingerprint density at radius 3 is 2.52 bits per heavy atom. The highest BCUT2D eigenvalue weighted by Crippen LogP contribution is 2.27. The number of fused-ring (bicyclic) bond motifs is 1. The third-order valence-corrected chi connectivity index (χ3v) is 4.09. The van der Waals surface area contributed by atoms with Crippen molar-refractivity contribution in [2.75, 3.05) is 0 Å². The lowest BCUT2D eigenvalue weighted by atomic mass is 10.1. The van der Waals surface area contributed by atoms with Gasteiger partial charge in [-0.2, -0.15) is 5.10 Å². The number of aromatic nitrogens is 4. The molecular formula is C19H18N4. The number of hydrogen-bond donors (Lipinski definition) is 0. The molecule has 0 saturated carbocycles. The molecule has 0 radical (unpaired) electrons. The van der Waals surface area contributed by atoms with Gasteiger partial charge in [-0.1, -0.05) is 31.2 Å². The van der Waals surface area contributed by atoms with Gasteiger partial charge in [0, 0.05) is 30.9 Å². The fourth-order valence-electron chi connectivity index (χ4n) is 2.98. The predicted octanol–water partition coefficient (Wildman–Crippen LogP) is 3.99. The van der Waals surface area contributed by atoms with E-state index in [0.29, 0.717) is 0 Å². The van der Waals surface area contributed by atoms with Gasteiger partial charge in [0.05, 0.1) is 17.2 Å². The van der Waals surface area contributed by atoms with Gasteiger partial charge in [-0.25, -0.2) is 4.98 Å². The smallest absolute Gasteiger partial charge is 0.114 e. The summed E-state index contributed by atoms with van der Waals surface area (Å²) in [4.78, 5) is 4.84. The van der Waals surface area contributed by atoms with Crippen molar-refractivity contribution in [1.29, 1.82) is 0 Å². The first-order valence-corrected chi connectivity index (χ1v) is 7.82. The van der Waals surface area contributed by atoms with E-state index in [4.69, 9.17) is 4.98 Å².